The average Bonchev–Trinajstić information content (AvgIpc) is 2.37. The van der Waals surface area contributed by atoms with E-state index in [0.29, 0.717) is 13.0 Å². The number of likely N-dealkylation sites (N-methyl/N-ethyl adjacent to an activating group) is 1. The zero-order valence-corrected chi connectivity index (χ0v) is 13.3. The average molecular weight is 334 g/mol. The lowest BCUT2D eigenvalue weighted by Gasteiger charge is -2.25. The van der Waals surface area contributed by atoms with Crippen molar-refractivity contribution in [2.24, 2.45) is 0 Å². The summed E-state index contributed by atoms with van der Waals surface area (Å²) in [5, 5.41) is 12.3. The van der Waals surface area contributed by atoms with E-state index in [1.807, 2.05) is 0 Å². The van der Waals surface area contributed by atoms with Gasteiger partial charge in [-0.2, -0.15) is 0 Å². The number of hydrogen-bond acceptors (Lipinski definition) is 3. The van der Waals surface area contributed by atoms with Crippen molar-refractivity contribution in [2.45, 2.75) is 32.2 Å². The number of urea groups is 1. The van der Waals surface area contributed by atoms with Gasteiger partial charge in [0.2, 0.25) is 0 Å². The van der Waals surface area contributed by atoms with Crippen LogP contribution in [0.4, 0.5) is 18.0 Å². The lowest BCUT2D eigenvalue weighted by atomic mass is 10.1. The maximum absolute atomic E-state index is 12.0. The highest BCUT2D eigenvalue weighted by atomic mass is 19.4. The Labute approximate surface area is 133 Å². The van der Waals surface area contributed by atoms with Gasteiger partial charge in [-0.1, -0.05) is 12.1 Å². The number of hydrogen-bond donors (Lipinski definition) is 2. The summed E-state index contributed by atoms with van der Waals surface area (Å²) in [7, 11) is 1.57. The first-order chi connectivity index (χ1) is 10.5. The second-order valence-electron chi connectivity index (χ2n) is 5.84. The van der Waals surface area contributed by atoms with E-state index < -0.39 is 12.0 Å². The third-order valence-corrected chi connectivity index (χ3v) is 2.82. The van der Waals surface area contributed by atoms with Crippen molar-refractivity contribution in [3.8, 4) is 5.75 Å². The normalized spacial score (nSPS) is 12.0. The summed E-state index contributed by atoms with van der Waals surface area (Å²) in [4.78, 5) is 13.1. The van der Waals surface area contributed by atoms with Gasteiger partial charge in [0.15, 0.2) is 0 Å². The lowest BCUT2D eigenvalue weighted by molar-refractivity contribution is -0.274. The second kappa shape index (κ2) is 7.54. The van der Waals surface area contributed by atoms with E-state index >= 15 is 0 Å². The number of carbonyl (C=O) groups excluding carboxylic acids is 1. The highest BCUT2D eigenvalue weighted by molar-refractivity contribution is 5.73. The molecule has 8 heteroatoms. The van der Waals surface area contributed by atoms with Gasteiger partial charge in [-0.3, -0.25) is 0 Å². The predicted octanol–water partition coefficient (Wildman–Crippen LogP) is 2.54. The first-order valence-corrected chi connectivity index (χ1v) is 7.02. The minimum absolute atomic E-state index is 0.183. The van der Waals surface area contributed by atoms with E-state index in [0.717, 1.165) is 5.56 Å². The Balaban J connectivity index is 2.40. The number of amides is 2. The molecular weight excluding hydrogens is 313 g/mol. The molecule has 0 heterocycles. The summed E-state index contributed by atoms with van der Waals surface area (Å²) in [6.45, 7) is 3.71. The molecule has 0 aromatic heterocycles. The van der Waals surface area contributed by atoms with E-state index in [1.165, 1.54) is 29.2 Å². The fraction of sp³-hybridized carbons (Fsp3) is 0.533. The molecule has 0 saturated carbocycles. The molecule has 1 rings (SSSR count). The quantitative estimate of drug-likeness (QED) is 0.840. The number of halogens is 3. The van der Waals surface area contributed by atoms with Crippen molar-refractivity contribution in [1.82, 2.24) is 10.2 Å². The molecule has 0 atom stereocenters. The topological polar surface area (TPSA) is 61.8 Å². The number of nitrogens with one attached hydrogen (secondary N) is 1. The number of benzene rings is 1. The van der Waals surface area contributed by atoms with Gasteiger partial charge in [0, 0.05) is 13.6 Å². The molecule has 0 radical (unpaired) electrons. The van der Waals surface area contributed by atoms with Crippen molar-refractivity contribution < 1.29 is 27.8 Å². The molecule has 0 aliphatic carbocycles. The first kappa shape index (κ1) is 19.1. The summed E-state index contributed by atoms with van der Waals surface area (Å²) in [6, 6.07) is 5.14. The Morgan fingerprint density at radius 2 is 1.83 bits per heavy atom. The molecule has 0 aliphatic heterocycles. The number of alkyl halides is 3. The van der Waals surface area contributed by atoms with Gasteiger partial charge in [-0.05, 0) is 38.0 Å². The van der Waals surface area contributed by atoms with E-state index in [9.17, 15) is 23.1 Å². The minimum atomic E-state index is -4.71. The summed E-state index contributed by atoms with van der Waals surface area (Å²) in [5.41, 5.74) is -0.217. The van der Waals surface area contributed by atoms with Gasteiger partial charge in [0.1, 0.15) is 5.75 Å². The minimum Gasteiger partial charge on any atom is -0.406 e. The fourth-order valence-electron chi connectivity index (χ4n) is 1.96. The number of rotatable bonds is 6. The summed E-state index contributed by atoms with van der Waals surface area (Å²) >= 11 is 0. The van der Waals surface area contributed by atoms with Crippen LogP contribution in [0.3, 0.4) is 0 Å². The maximum atomic E-state index is 12.0. The first-order valence-electron chi connectivity index (χ1n) is 7.02. The smallest absolute Gasteiger partial charge is 0.406 e. The molecule has 1 aromatic rings. The Morgan fingerprint density at radius 3 is 2.30 bits per heavy atom. The lowest BCUT2D eigenvalue weighted by Crippen LogP contribution is -2.45. The van der Waals surface area contributed by atoms with Crippen LogP contribution < -0.4 is 10.1 Å². The Bertz CT molecular complexity index is 510. The van der Waals surface area contributed by atoms with Crippen LogP contribution in [0.1, 0.15) is 19.4 Å². The third kappa shape index (κ3) is 8.29. The number of nitrogens with zero attached hydrogens (tertiary/aromatic N) is 1. The van der Waals surface area contributed by atoms with Gasteiger partial charge < -0.3 is 20.1 Å². The number of carbonyl (C=O) groups is 1. The van der Waals surface area contributed by atoms with Crippen molar-refractivity contribution >= 4 is 6.03 Å². The summed E-state index contributed by atoms with van der Waals surface area (Å²) in [6.07, 6.45) is -4.24. The molecule has 0 spiro atoms. The number of ether oxygens (including phenoxy) is 1. The fourth-order valence-corrected chi connectivity index (χ4v) is 1.96. The zero-order chi connectivity index (χ0) is 17.7. The molecular formula is C15H21F3N2O3. The van der Waals surface area contributed by atoms with E-state index in [2.05, 4.69) is 10.1 Å². The van der Waals surface area contributed by atoms with E-state index in [-0.39, 0.29) is 18.3 Å². The molecule has 1 aromatic carbocycles. The van der Waals surface area contributed by atoms with Crippen LogP contribution in [-0.4, -0.2) is 48.1 Å². The van der Waals surface area contributed by atoms with Gasteiger partial charge in [0.25, 0.3) is 0 Å². The highest BCUT2D eigenvalue weighted by Crippen LogP contribution is 2.22. The molecule has 23 heavy (non-hydrogen) atoms. The predicted molar refractivity (Wildman–Crippen MR) is 79.2 cm³/mol. The van der Waals surface area contributed by atoms with Crippen molar-refractivity contribution in [3.63, 3.8) is 0 Å². The van der Waals surface area contributed by atoms with Crippen LogP contribution in [0.2, 0.25) is 0 Å². The largest absolute Gasteiger partial charge is 0.573 e. The number of aliphatic hydroxyl groups is 1. The van der Waals surface area contributed by atoms with Crippen LogP contribution in [0.15, 0.2) is 24.3 Å². The maximum Gasteiger partial charge on any atom is 0.573 e. The van der Waals surface area contributed by atoms with Crippen LogP contribution in [0.25, 0.3) is 0 Å². The Morgan fingerprint density at radius 1 is 1.26 bits per heavy atom. The van der Waals surface area contributed by atoms with Gasteiger partial charge >= 0.3 is 12.4 Å². The van der Waals surface area contributed by atoms with E-state index in [1.54, 1.807) is 20.9 Å². The molecule has 0 bridgehead atoms. The second-order valence-corrected chi connectivity index (χ2v) is 5.84. The molecule has 0 unspecified atom stereocenters. The molecule has 0 fully saturated rings. The SMILES string of the molecule is CN(CC(C)(C)O)C(=O)NCCc1ccc(OC(F)(F)F)cc1. The van der Waals surface area contributed by atoms with Crippen LogP contribution in [0, 0.1) is 0 Å². The van der Waals surface area contributed by atoms with Crippen LogP contribution >= 0.6 is 0 Å². The summed E-state index contributed by atoms with van der Waals surface area (Å²) < 4.78 is 39.9. The highest BCUT2D eigenvalue weighted by Gasteiger charge is 2.30. The van der Waals surface area contributed by atoms with Crippen molar-refractivity contribution in [1.29, 1.82) is 0 Å². The molecule has 0 aliphatic rings. The molecule has 5 nitrogen and oxygen atoms in total. The zero-order valence-electron chi connectivity index (χ0n) is 13.3. The molecule has 2 amide bonds. The van der Waals surface area contributed by atoms with Crippen LogP contribution in [0.5, 0.6) is 5.75 Å². The van der Waals surface area contributed by atoms with Gasteiger partial charge in [-0.15, -0.1) is 13.2 Å². The third-order valence-electron chi connectivity index (χ3n) is 2.82. The monoisotopic (exact) mass is 334 g/mol. The van der Waals surface area contributed by atoms with Crippen LogP contribution in [-0.2, 0) is 6.42 Å². The van der Waals surface area contributed by atoms with Crippen molar-refractivity contribution in [2.75, 3.05) is 20.1 Å². The molecule has 2 N–H and O–H groups in total. The van der Waals surface area contributed by atoms with E-state index in [4.69, 9.17) is 0 Å². The van der Waals surface area contributed by atoms with Crippen molar-refractivity contribution in [3.05, 3.63) is 29.8 Å². The standard InChI is InChI=1S/C15H21F3N2O3/c1-14(2,22)10-20(3)13(21)19-9-8-11-4-6-12(7-5-11)23-15(16,17)18/h4-7,22H,8-10H2,1-3H3,(H,19,21). The Hall–Kier alpha value is -1.96. The molecule has 0 saturated heterocycles. The van der Waals surface area contributed by atoms with Gasteiger partial charge in [-0.25, -0.2) is 4.79 Å². The summed E-state index contributed by atoms with van der Waals surface area (Å²) in [5.74, 6) is -0.282. The molecule has 130 valence electrons. The Kier molecular flexibility index (Phi) is 6.26. The van der Waals surface area contributed by atoms with Gasteiger partial charge in [0.05, 0.1) is 12.1 Å².